The van der Waals surface area contributed by atoms with Gasteiger partial charge in [0.1, 0.15) is 0 Å². The van der Waals surface area contributed by atoms with Crippen molar-refractivity contribution in [2.24, 2.45) is 0 Å². The molecule has 0 aromatic heterocycles. The number of ether oxygens (including phenoxy) is 1. The van der Waals surface area contributed by atoms with Crippen LogP contribution in [-0.2, 0) is 11.3 Å². The molecule has 0 aliphatic carbocycles. The van der Waals surface area contributed by atoms with Crippen LogP contribution in [-0.4, -0.2) is 37.1 Å². The molecular weight excluding hydrogens is 404 g/mol. The van der Waals surface area contributed by atoms with Gasteiger partial charge in [-0.3, -0.25) is 4.79 Å². The van der Waals surface area contributed by atoms with Crippen molar-refractivity contribution in [3.8, 4) is 0 Å². The van der Waals surface area contributed by atoms with Crippen molar-refractivity contribution >= 4 is 39.1 Å². The normalized spacial score (nSPS) is 14.4. The molecule has 3 rings (SSSR count). The van der Waals surface area contributed by atoms with E-state index in [1.807, 2.05) is 6.07 Å². The first kappa shape index (κ1) is 18.2. The van der Waals surface area contributed by atoms with E-state index in [0.29, 0.717) is 43.4 Å². The van der Waals surface area contributed by atoms with Gasteiger partial charge in [0.05, 0.1) is 23.8 Å². The van der Waals surface area contributed by atoms with E-state index in [1.165, 1.54) is 11.1 Å². The zero-order valence-electron chi connectivity index (χ0n) is 14.0. The number of nitrogens with zero attached hydrogens (tertiary/aromatic N) is 1. The summed E-state index contributed by atoms with van der Waals surface area (Å²) >= 11 is 9.89. The van der Waals surface area contributed by atoms with Gasteiger partial charge in [0.2, 0.25) is 0 Å². The van der Waals surface area contributed by atoms with Crippen LogP contribution in [0.5, 0.6) is 0 Å². The predicted molar refractivity (Wildman–Crippen MR) is 104 cm³/mol. The van der Waals surface area contributed by atoms with Crippen LogP contribution >= 0.6 is 27.5 Å². The summed E-state index contributed by atoms with van der Waals surface area (Å²) in [5.41, 5.74) is 3.80. The van der Waals surface area contributed by atoms with Gasteiger partial charge in [-0.1, -0.05) is 39.7 Å². The lowest BCUT2D eigenvalue weighted by Crippen LogP contribution is -2.40. The second-order valence-electron chi connectivity index (χ2n) is 6.04. The molecular formula is C19H20BrClN2O2. The quantitative estimate of drug-likeness (QED) is 0.787. The highest BCUT2D eigenvalue weighted by atomic mass is 79.9. The molecule has 1 fully saturated rings. The number of carbonyl (C=O) groups is 1. The molecule has 1 aliphatic rings. The molecule has 1 amide bonds. The Morgan fingerprint density at radius 2 is 2.00 bits per heavy atom. The number of benzene rings is 2. The van der Waals surface area contributed by atoms with Crippen molar-refractivity contribution in [3.05, 3.63) is 62.6 Å². The van der Waals surface area contributed by atoms with Crippen molar-refractivity contribution in [2.45, 2.75) is 13.5 Å². The van der Waals surface area contributed by atoms with Crippen LogP contribution in [0.1, 0.15) is 21.5 Å². The minimum atomic E-state index is -0.0395. The van der Waals surface area contributed by atoms with Crippen LogP contribution in [0.4, 0.5) is 5.69 Å². The van der Waals surface area contributed by atoms with Crippen molar-refractivity contribution in [2.75, 3.05) is 31.6 Å². The lowest BCUT2D eigenvalue weighted by molar-refractivity contribution is 0.0303. The molecule has 1 N–H and O–H groups in total. The van der Waals surface area contributed by atoms with Crippen LogP contribution in [0.15, 0.2) is 40.9 Å². The Morgan fingerprint density at radius 3 is 2.68 bits per heavy atom. The van der Waals surface area contributed by atoms with Crippen LogP contribution in [0.25, 0.3) is 0 Å². The van der Waals surface area contributed by atoms with Crippen molar-refractivity contribution in [1.29, 1.82) is 0 Å². The average molecular weight is 424 g/mol. The lowest BCUT2D eigenvalue weighted by Gasteiger charge is -2.27. The van der Waals surface area contributed by atoms with Gasteiger partial charge < -0.3 is 15.0 Å². The summed E-state index contributed by atoms with van der Waals surface area (Å²) in [6.07, 6.45) is 0. The van der Waals surface area contributed by atoms with E-state index in [-0.39, 0.29) is 5.91 Å². The number of halogens is 2. The van der Waals surface area contributed by atoms with E-state index < -0.39 is 0 Å². The number of anilines is 1. The highest BCUT2D eigenvalue weighted by Crippen LogP contribution is 2.24. The van der Waals surface area contributed by atoms with Gasteiger partial charge in [0.25, 0.3) is 5.91 Å². The summed E-state index contributed by atoms with van der Waals surface area (Å²) in [5, 5.41) is 3.81. The van der Waals surface area contributed by atoms with Crippen LogP contribution in [0.2, 0.25) is 5.02 Å². The van der Waals surface area contributed by atoms with E-state index in [2.05, 4.69) is 46.4 Å². The Balaban J connectivity index is 1.66. The maximum absolute atomic E-state index is 12.5. The molecule has 6 heteroatoms. The molecule has 0 bridgehead atoms. The van der Waals surface area contributed by atoms with Gasteiger partial charge in [0.15, 0.2) is 0 Å². The molecule has 2 aromatic carbocycles. The lowest BCUT2D eigenvalue weighted by atomic mass is 10.1. The van der Waals surface area contributed by atoms with E-state index in [1.54, 1.807) is 17.0 Å². The monoisotopic (exact) mass is 422 g/mol. The molecule has 0 saturated carbocycles. The van der Waals surface area contributed by atoms with Crippen molar-refractivity contribution in [1.82, 2.24) is 4.90 Å². The minimum Gasteiger partial charge on any atom is -0.381 e. The van der Waals surface area contributed by atoms with Crippen LogP contribution < -0.4 is 5.32 Å². The highest BCUT2D eigenvalue weighted by molar-refractivity contribution is 9.10. The van der Waals surface area contributed by atoms with Gasteiger partial charge in [-0.2, -0.15) is 0 Å². The van der Waals surface area contributed by atoms with Crippen molar-refractivity contribution < 1.29 is 9.53 Å². The third-order valence-corrected chi connectivity index (χ3v) is 5.40. The number of nitrogens with one attached hydrogen (secondary N) is 1. The van der Waals surface area contributed by atoms with E-state index in [0.717, 1.165) is 10.2 Å². The largest absolute Gasteiger partial charge is 0.381 e. The average Bonchev–Trinajstić information content (AvgIpc) is 2.63. The SMILES string of the molecule is Cc1ccc(CNc2ccc(C(=O)N3CCOCC3)c(Cl)c2)cc1Br. The summed E-state index contributed by atoms with van der Waals surface area (Å²) in [7, 11) is 0. The van der Waals surface area contributed by atoms with Crippen LogP contribution in [0, 0.1) is 6.92 Å². The third-order valence-electron chi connectivity index (χ3n) is 4.23. The summed E-state index contributed by atoms with van der Waals surface area (Å²) in [6.45, 7) is 5.12. The number of amides is 1. The second kappa shape index (κ2) is 8.21. The molecule has 1 saturated heterocycles. The smallest absolute Gasteiger partial charge is 0.255 e. The summed E-state index contributed by atoms with van der Waals surface area (Å²) < 4.78 is 6.38. The van der Waals surface area contributed by atoms with Crippen molar-refractivity contribution in [3.63, 3.8) is 0 Å². The van der Waals surface area contributed by atoms with Gasteiger partial charge in [-0.15, -0.1) is 0 Å². The molecule has 1 heterocycles. The minimum absolute atomic E-state index is 0.0395. The first-order valence-electron chi connectivity index (χ1n) is 8.20. The van der Waals surface area contributed by atoms with Gasteiger partial charge in [-0.25, -0.2) is 0 Å². The molecule has 4 nitrogen and oxygen atoms in total. The fourth-order valence-corrected chi connectivity index (χ4v) is 3.37. The maximum atomic E-state index is 12.5. The third kappa shape index (κ3) is 4.54. The first-order valence-corrected chi connectivity index (χ1v) is 9.37. The first-order chi connectivity index (χ1) is 12.0. The Hall–Kier alpha value is -1.56. The Bertz CT molecular complexity index is 776. The zero-order chi connectivity index (χ0) is 17.8. The van der Waals surface area contributed by atoms with E-state index >= 15 is 0 Å². The number of hydrogen-bond donors (Lipinski definition) is 1. The molecule has 0 atom stereocenters. The fourth-order valence-electron chi connectivity index (χ4n) is 2.69. The van der Waals surface area contributed by atoms with Gasteiger partial charge in [-0.05, 0) is 42.3 Å². The molecule has 1 aliphatic heterocycles. The second-order valence-corrected chi connectivity index (χ2v) is 7.30. The van der Waals surface area contributed by atoms with E-state index in [4.69, 9.17) is 16.3 Å². The number of rotatable bonds is 4. The number of hydrogen-bond acceptors (Lipinski definition) is 3. The Morgan fingerprint density at radius 1 is 1.24 bits per heavy atom. The van der Waals surface area contributed by atoms with Gasteiger partial charge in [0, 0.05) is 29.8 Å². The molecule has 132 valence electrons. The molecule has 25 heavy (non-hydrogen) atoms. The molecule has 2 aromatic rings. The Kier molecular flexibility index (Phi) is 5.99. The Labute approximate surface area is 161 Å². The molecule has 0 unspecified atom stereocenters. The fraction of sp³-hybridized carbons (Fsp3) is 0.316. The predicted octanol–water partition coefficient (Wildman–Crippen LogP) is 4.50. The highest BCUT2D eigenvalue weighted by Gasteiger charge is 2.20. The summed E-state index contributed by atoms with van der Waals surface area (Å²) in [6, 6.07) is 11.7. The molecule has 0 spiro atoms. The van der Waals surface area contributed by atoms with Crippen LogP contribution in [0.3, 0.4) is 0 Å². The topological polar surface area (TPSA) is 41.6 Å². The summed E-state index contributed by atoms with van der Waals surface area (Å²) in [5.74, 6) is -0.0395. The summed E-state index contributed by atoms with van der Waals surface area (Å²) in [4.78, 5) is 14.3. The maximum Gasteiger partial charge on any atom is 0.255 e. The molecule has 0 radical (unpaired) electrons. The number of morpholine rings is 1. The number of aryl methyl sites for hydroxylation is 1. The zero-order valence-corrected chi connectivity index (χ0v) is 16.4. The van der Waals surface area contributed by atoms with Gasteiger partial charge >= 0.3 is 0 Å². The standard InChI is InChI=1S/C19H20BrClN2O2/c1-13-2-3-14(10-17(13)20)12-22-15-4-5-16(18(21)11-15)19(24)23-6-8-25-9-7-23/h2-5,10-11,22H,6-9,12H2,1H3. The van der Waals surface area contributed by atoms with E-state index in [9.17, 15) is 4.79 Å². The number of carbonyl (C=O) groups excluding carboxylic acids is 1.